The zero-order valence-electron chi connectivity index (χ0n) is 9.41. The molecule has 0 amide bonds. The molecule has 1 N–H and O–H groups in total. The Bertz CT molecular complexity index is 438. The van der Waals surface area contributed by atoms with Crippen LogP contribution in [0.25, 0.3) is 5.70 Å². The highest BCUT2D eigenvalue weighted by Crippen LogP contribution is 2.16. The van der Waals surface area contributed by atoms with Crippen molar-refractivity contribution in [2.24, 2.45) is 0 Å². The first-order chi connectivity index (χ1) is 7.56. The van der Waals surface area contributed by atoms with E-state index in [4.69, 9.17) is 0 Å². The van der Waals surface area contributed by atoms with Crippen LogP contribution in [-0.4, -0.2) is 18.1 Å². The fourth-order valence-electron chi connectivity index (χ4n) is 1.25. The molecule has 0 saturated heterocycles. The molecular formula is C12H14N2O2. The van der Waals surface area contributed by atoms with Crippen molar-refractivity contribution in [1.82, 2.24) is 10.3 Å². The maximum atomic E-state index is 11.5. The molecule has 0 saturated carbocycles. The normalized spacial score (nSPS) is 9.38. The molecule has 1 aromatic heterocycles. The number of carbonyl (C=O) groups is 1. The number of nitrogens with one attached hydrogen (secondary N) is 1. The van der Waals surface area contributed by atoms with Crippen LogP contribution in [0.4, 0.5) is 0 Å². The molecule has 0 spiro atoms. The van der Waals surface area contributed by atoms with Gasteiger partial charge in [0.1, 0.15) is 0 Å². The lowest BCUT2D eigenvalue weighted by Crippen LogP contribution is -2.12. The molecule has 0 aromatic carbocycles. The molecule has 4 nitrogen and oxygen atoms in total. The lowest BCUT2D eigenvalue weighted by Gasteiger charge is -2.11. The topological polar surface area (TPSA) is 51.2 Å². The first kappa shape index (κ1) is 12.0. The summed E-state index contributed by atoms with van der Waals surface area (Å²) < 4.78 is 4.67. The van der Waals surface area contributed by atoms with Gasteiger partial charge in [0.2, 0.25) is 0 Å². The monoisotopic (exact) mass is 218 g/mol. The number of esters is 1. The summed E-state index contributed by atoms with van der Waals surface area (Å²) in [6.45, 7) is 9.33. The molecule has 0 fully saturated rings. The molecule has 16 heavy (non-hydrogen) atoms. The Morgan fingerprint density at radius 2 is 2.12 bits per heavy atom. The van der Waals surface area contributed by atoms with Gasteiger partial charge in [0, 0.05) is 29.4 Å². The van der Waals surface area contributed by atoms with E-state index in [0.29, 0.717) is 16.8 Å². The van der Waals surface area contributed by atoms with E-state index in [0.717, 1.165) is 5.70 Å². The van der Waals surface area contributed by atoms with Gasteiger partial charge in [-0.3, -0.25) is 4.98 Å². The van der Waals surface area contributed by atoms with Crippen molar-refractivity contribution in [2.45, 2.75) is 6.92 Å². The largest absolute Gasteiger partial charge is 0.465 e. The second kappa shape index (κ2) is 5.11. The van der Waals surface area contributed by atoms with Gasteiger partial charge in [0.05, 0.1) is 12.7 Å². The predicted molar refractivity (Wildman–Crippen MR) is 62.6 cm³/mol. The molecule has 4 heteroatoms. The van der Waals surface area contributed by atoms with Gasteiger partial charge in [0.15, 0.2) is 0 Å². The molecule has 0 aliphatic carbocycles. The summed E-state index contributed by atoms with van der Waals surface area (Å²) in [6, 6.07) is 1.59. The van der Waals surface area contributed by atoms with Crippen LogP contribution in [0.1, 0.15) is 22.8 Å². The van der Waals surface area contributed by atoms with Gasteiger partial charge in [-0.1, -0.05) is 13.2 Å². The predicted octanol–water partition coefficient (Wildman–Crippen LogP) is 1.96. The summed E-state index contributed by atoms with van der Waals surface area (Å²) in [5.74, 6) is -0.415. The maximum Gasteiger partial charge on any atom is 0.338 e. The number of rotatable bonds is 4. The minimum absolute atomic E-state index is 0.415. The van der Waals surface area contributed by atoms with E-state index in [1.165, 1.54) is 13.3 Å². The molecule has 1 rings (SSSR count). The molecule has 84 valence electrons. The van der Waals surface area contributed by atoms with Crippen LogP contribution < -0.4 is 5.32 Å². The van der Waals surface area contributed by atoms with Crippen LogP contribution in [0.15, 0.2) is 37.3 Å². The van der Waals surface area contributed by atoms with Gasteiger partial charge in [0.25, 0.3) is 0 Å². The summed E-state index contributed by atoms with van der Waals surface area (Å²) in [5, 5.41) is 2.94. The first-order valence-electron chi connectivity index (χ1n) is 4.70. The van der Waals surface area contributed by atoms with E-state index in [1.54, 1.807) is 19.2 Å². The third kappa shape index (κ3) is 2.70. The number of carbonyl (C=O) groups excluding carboxylic acids is 1. The summed E-state index contributed by atoms with van der Waals surface area (Å²) in [6.07, 6.45) is 3.09. The average Bonchev–Trinajstić information content (AvgIpc) is 2.27. The Kier molecular flexibility index (Phi) is 3.83. The first-order valence-corrected chi connectivity index (χ1v) is 4.70. The number of nitrogens with zero attached hydrogens (tertiary/aromatic N) is 1. The number of ether oxygens (including phenoxy) is 1. The van der Waals surface area contributed by atoms with Crippen molar-refractivity contribution >= 4 is 11.7 Å². The van der Waals surface area contributed by atoms with E-state index in [9.17, 15) is 4.79 Å². The highest BCUT2D eigenvalue weighted by molar-refractivity contribution is 5.94. The lowest BCUT2D eigenvalue weighted by molar-refractivity contribution is 0.0600. The number of allylic oxidation sites excluding steroid dienone is 1. The highest BCUT2D eigenvalue weighted by Gasteiger charge is 2.13. The summed E-state index contributed by atoms with van der Waals surface area (Å²) in [5.41, 5.74) is 2.35. The highest BCUT2D eigenvalue weighted by atomic mass is 16.5. The number of methoxy groups -OCH3 is 1. The van der Waals surface area contributed by atoms with E-state index in [2.05, 4.69) is 28.2 Å². The fourth-order valence-corrected chi connectivity index (χ4v) is 1.25. The van der Waals surface area contributed by atoms with E-state index in [1.807, 2.05) is 0 Å². The van der Waals surface area contributed by atoms with Gasteiger partial charge in [-0.2, -0.15) is 0 Å². The van der Waals surface area contributed by atoms with E-state index in [-0.39, 0.29) is 0 Å². The van der Waals surface area contributed by atoms with Crippen molar-refractivity contribution in [3.63, 3.8) is 0 Å². The Balaban J connectivity index is 3.08. The van der Waals surface area contributed by atoms with Crippen LogP contribution in [0.5, 0.6) is 0 Å². The Hall–Kier alpha value is -2.10. The van der Waals surface area contributed by atoms with Crippen molar-refractivity contribution < 1.29 is 9.53 Å². The minimum Gasteiger partial charge on any atom is -0.465 e. The van der Waals surface area contributed by atoms with Crippen LogP contribution in [0, 0.1) is 0 Å². The molecule has 0 atom stereocenters. The van der Waals surface area contributed by atoms with Crippen LogP contribution in [-0.2, 0) is 4.74 Å². The van der Waals surface area contributed by atoms with Crippen LogP contribution in [0.2, 0.25) is 0 Å². The SMILES string of the molecule is C=C(C)NC(=C)c1cnccc1C(=O)OC. The maximum absolute atomic E-state index is 11.5. The minimum atomic E-state index is -0.415. The van der Waals surface area contributed by atoms with E-state index < -0.39 is 5.97 Å². The number of pyridine rings is 1. The molecule has 0 radical (unpaired) electrons. The van der Waals surface area contributed by atoms with Gasteiger partial charge < -0.3 is 10.1 Å². The van der Waals surface area contributed by atoms with Crippen LogP contribution in [0.3, 0.4) is 0 Å². The summed E-state index contributed by atoms with van der Waals surface area (Å²) in [4.78, 5) is 15.4. The molecule has 0 bridgehead atoms. The second-order valence-electron chi connectivity index (χ2n) is 3.30. The third-order valence-electron chi connectivity index (χ3n) is 1.92. The van der Waals surface area contributed by atoms with Crippen molar-refractivity contribution in [3.8, 4) is 0 Å². The van der Waals surface area contributed by atoms with Gasteiger partial charge in [-0.15, -0.1) is 0 Å². The summed E-state index contributed by atoms with van der Waals surface area (Å²) >= 11 is 0. The standard InChI is InChI=1S/C12H14N2O2/c1-8(2)14-9(3)11-7-13-6-5-10(11)12(15)16-4/h5-7,14H,1,3H2,2,4H3. The number of hydrogen-bond donors (Lipinski definition) is 1. The molecule has 1 heterocycles. The molecule has 0 aliphatic heterocycles. The second-order valence-corrected chi connectivity index (χ2v) is 3.30. The molecule has 0 unspecified atom stereocenters. The van der Waals surface area contributed by atoms with Crippen molar-refractivity contribution in [2.75, 3.05) is 7.11 Å². The van der Waals surface area contributed by atoms with E-state index >= 15 is 0 Å². The van der Waals surface area contributed by atoms with Gasteiger partial charge in [-0.25, -0.2) is 4.79 Å². The zero-order chi connectivity index (χ0) is 12.1. The Morgan fingerprint density at radius 1 is 1.44 bits per heavy atom. The summed E-state index contributed by atoms with van der Waals surface area (Å²) in [7, 11) is 1.33. The van der Waals surface area contributed by atoms with Crippen molar-refractivity contribution in [1.29, 1.82) is 0 Å². The molecule has 1 aromatic rings. The average molecular weight is 218 g/mol. The lowest BCUT2D eigenvalue weighted by atomic mass is 10.1. The molecule has 0 aliphatic rings. The quantitative estimate of drug-likeness (QED) is 0.785. The Labute approximate surface area is 94.7 Å². The van der Waals surface area contributed by atoms with Crippen molar-refractivity contribution in [3.05, 3.63) is 48.4 Å². The smallest absolute Gasteiger partial charge is 0.338 e. The zero-order valence-corrected chi connectivity index (χ0v) is 9.41. The third-order valence-corrected chi connectivity index (χ3v) is 1.92. The van der Waals surface area contributed by atoms with Gasteiger partial charge in [-0.05, 0) is 13.0 Å². The Morgan fingerprint density at radius 3 is 2.69 bits per heavy atom. The molecular weight excluding hydrogens is 204 g/mol. The van der Waals surface area contributed by atoms with Crippen LogP contribution >= 0.6 is 0 Å². The number of hydrogen-bond acceptors (Lipinski definition) is 4. The number of aromatic nitrogens is 1. The fraction of sp³-hybridized carbons (Fsp3) is 0.167. The van der Waals surface area contributed by atoms with Gasteiger partial charge >= 0.3 is 5.97 Å².